The van der Waals surface area contributed by atoms with Crippen molar-refractivity contribution in [1.82, 2.24) is 24.5 Å². The first-order valence-corrected chi connectivity index (χ1v) is 10.5. The highest BCUT2D eigenvalue weighted by Gasteiger charge is 2.56. The van der Waals surface area contributed by atoms with Gasteiger partial charge in [0.1, 0.15) is 17.7 Å². The lowest BCUT2D eigenvalue weighted by Gasteiger charge is -2.25. The van der Waals surface area contributed by atoms with Gasteiger partial charge >= 0.3 is 11.9 Å². The molecule has 3 aromatic rings. The van der Waals surface area contributed by atoms with Crippen LogP contribution in [0.1, 0.15) is 27.8 Å². The molecule has 0 aliphatic carbocycles. The number of anilines is 1. The summed E-state index contributed by atoms with van der Waals surface area (Å²) in [6.07, 6.45) is 0.533. The number of nitrogen functional groups attached to an aromatic ring is 1. The second-order valence-corrected chi connectivity index (χ2v) is 8.26. The van der Waals surface area contributed by atoms with Crippen molar-refractivity contribution >= 4 is 51.9 Å². The molecule has 0 bridgehead atoms. The van der Waals surface area contributed by atoms with Crippen molar-refractivity contribution in [2.45, 2.75) is 30.1 Å². The van der Waals surface area contributed by atoms with Crippen LogP contribution in [-0.2, 0) is 14.3 Å². The number of rotatable bonds is 7. The average molecular weight is 511 g/mol. The van der Waals surface area contributed by atoms with E-state index >= 15 is 0 Å². The molecule has 1 aliphatic heterocycles. The second-order valence-electron chi connectivity index (χ2n) is 7.07. The van der Waals surface area contributed by atoms with Gasteiger partial charge in [0, 0.05) is 5.38 Å². The van der Waals surface area contributed by atoms with Gasteiger partial charge in [-0.3, -0.25) is 4.57 Å². The van der Waals surface area contributed by atoms with Gasteiger partial charge in [-0.15, -0.1) is 17.8 Å². The van der Waals surface area contributed by atoms with E-state index in [1.165, 1.54) is 16.3 Å². The van der Waals surface area contributed by atoms with E-state index in [4.69, 9.17) is 38.3 Å². The quantitative estimate of drug-likeness (QED) is 0.203. The fourth-order valence-electron chi connectivity index (χ4n) is 3.39. The van der Waals surface area contributed by atoms with Crippen molar-refractivity contribution in [3.63, 3.8) is 0 Å². The molecule has 0 aromatic carbocycles. The lowest BCUT2D eigenvalue weighted by Crippen LogP contribution is -2.48. The van der Waals surface area contributed by atoms with E-state index in [1.807, 2.05) is 0 Å². The Morgan fingerprint density at radius 3 is 2.76 bits per heavy atom. The molecule has 4 rings (SSSR count). The Morgan fingerprint density at radius 1 is 1.41 bits per heavy atom. The number of nitrogens with zero attached hydrogens (tertiary/aromatic N) is 5. The summed E-state index contributed by atoms with van der Waals surface area (Å²) in [4.78, 5) is 38.3. The van der Waals surface area contributed by atoms with E-state index in [2.05, 4.69) is 25.9 Å². The number of terminal acetylenes is 1. The van der Waals surface area contributed by atoms with Crippen molar-refractivity contribution in [3.8, 4) is 12.3 Å². The third-order valence-electron chi connectivity index (χ3n) is 5.05. The van der Waals surface area contributed by atoms with E-state index < -0.39 is 48.7 Å². The molecule has 0 spiro atoms. The molecule has 6 N–H and O–H groups in total. The van der Waals surface area contributed by atoms with Crippen molar-refractivity contribution in [3.05, 3.63) is 27.7 Å². The number of hydrogen-bond acceptors (Lipinski definition) is 12. The van der Waals surface area contributed by atoms with Gasteiger partial charge in [-0.25, -0.2) is 19.6 Å². The van der Waals surface area contributed by atoms with Gasteiger partial charge in [0.2, 0.25) is 10.3 Å². The van der Waals surface area contributed by atoms with Crippen LogP contribution < -0.4 is 5.73 Å². The van der Waals surface area contributed by atoms with Gasteiger partial charge in [0.15, 0.2) is 29.4 Å². The molecule has 0 amide bonds. The predicted molar refractivity (Wildman–Crippen MR) is 114 cm³/mol. The summed E-state index contributed by atoms with van der Waals surface area (Å²) >= 11 is 6.57. The number of imidazole rings is 1. The Labute approximate surface area is 198 Å². The number of halogens is 1. The fraction of sp³-hybridized carbons (Fsp3) is 0.333. The molecule has 34 heavy (non-hydrogen) atoms. The minimum Gasteiger partial charge on any atom is -0.479 e. The minimum absolute atomic E-state index is 0.0263. The molecule has 16 heteroatoms. The number of aromatic nitrogens is 5. The predicted octanol–water partition coefficient (Wildman–Crippen LogP) is -0.318. The van der Waals surface area contributed by atoms with Crippen LogP contribution in [0.5, 0.6) is 0 Å². The van der Waals surface area contributed by atoms with Crippen molar-refractivity contribution in [2.75, 3.05) is 12.3 Å². The zero-order valence-electron chi connectivity index (χ0n) is 16.8. The molecule has 1 aliphatic rings. The van der Waals surface area contributed by atoms with Crippen LogP contribution in [-0.4, -0.2) is 81.3 Å². The number of aliphatic hydroxyl groups excluding tert-OH is 1. The van der Waals surface area contributed by atoms with Crippen LogP contribution in [0.3, 0.4) is 0 Å². The second kappa shape index (κ2) is 8.76. The van der Waals surface area contributed by atoms with E-state index in [-0.39, 0.29) is 33.0 Å². The number of fused-ring (bicyclic) bond motifs is 1. The number of aromatic carboxylic acids is 1. The lowest BCUT2D eigenvalue weighted by molar-refractivity contribution is -0.157. The Morgan fingerprint density at radius 2 is 2.15 bits per heavy atom. The fourth-order valence-corrected chi connectivity index (χ4v) is 4.22. The standard InChI is InChI=1S/C18H15ClN6O8S/c1-2-18(31)7(3-32-9(15(27)28)6-4-34-13(22-6)16(29)30)33-14(10(18)26)25-5-21-8-11(20)23-17(19)24-12(8)25/h1,4-5,7,9-10,14,26,31H,3H2,(H,27,28)(H,29,30)(H2,20,23,24)/t7-,9-,10+,14-,18-/m1/s1. The van der Waals surface area contributed by atoms with E-state index in [0.29, 0.717) is 0 Å². The third kappa shape index (κ3) is 3.92. The largest absolute Gasteiger partial charge is 0.479 e. The van der Waals surface area contributed by atoms with Crippen molar-refractivity contribution in [2.24, 2.45) is 0 Å². The molecule has 3 aromatic heterocycles. The number of aliphatic carboxylic acids is 1. The van der Waals surface area contributed by atoms with E-state index in [1.54, 1.807) is 0 Å². The third-order valence-corrected chi connectivity index (χ3v) is 6.07. The first-order valence-electron chi connectivity index (χ1n) is 9.29. The first kappa shape index (κ1) is 23.8. The Bertz CT molecular complexity index is 1320. The van der Waals surface area contributed by atoms with Gasteiger partial charge in [-0.1, -0.05) is 5.92 Å². The molecule has 0 unspecified atom stereocenters. The maximum absolute atomic E-state index is 11.7. The maximum atomic E-state index is 11.7. The molecule has 1 fully saturated rings. The Hall–Kier alpha value is -3.39. The number of carboxylic acids is 2. The van der Waals surface area contributed by atoms with E-state index in [0.717, 1.165) is 11.3 Å². The summed E-state index contributed by atoms with van der Waals surface area (Å²) in [5.74, 6) is -0.765. The molecule has 178 valence electrons. The van der Waals surface area contributed by atoms with E-state index in [9.17, 15) is 24.9 Å². The highest BCUT2D eigenvalue weighted by Crippen LogP contribution is 2.39. The van der Waals surface area contributed by atoms with Gasteiger partial charge in [0.25, 0.3) is 0 Å². The number of carboxylic acid groups (broad SMARTS) is 2. The molecule has 0 saturated carbocycles. The van der Waals surface area contributed by atoms with Crippen LogP contribution >= 0.6 is 22.9 Å². The molecule has 4 heterocycles. The van der Waals surface area contributed by atoms with Crippen molar-refractivity contribution < 1.29 is 39.5 Å². The number of aliphatic hydroxyl groups is 2. The molecule has 14 nitrogen and oxygen atoms in total. The van der Waals surface area contributed by atoms with Crippen LogP contribution in [0.2, 0.25) is 5.28 Å². The molecule has 5 atom stereocenters. The van der Waals surface area contributed by atoms with Crippen molar-refractivity contribution in [1.29, 1.82) is 0 Å². The molecular formula is C18H15ClN6O8S. The van der Waals surface area contributed by atoms with Gasteiger partial charge in [-0.2, -0.15) is 9.97 Å². The summed E-state index contributed by atoms with van der Waals surface area (Å²) in [5, 5.41) is 40.9. The Kier molecular flexibility index (Phi) is 6.12. The average Bonchev–Trinajstić information content (AvgIpc) is 3.47. The van der Waals surface area contributed by atoms with Crippen LogP contribution in [0.25, 0.3) is 11.2 Å². The monoisotopic (exact) mass is 510 g/mol. The summed E-state index contributed by atoms with van der Waals surface area (Å²) < 4.78 is 12.3. The van der Waals surface area contributed by atoms with Crippen LogP contribution in [0.4, 0.5) is 5.82 Å². The zero-order valence-corrected chi connectivity index (χ0v) is 18.3. The molecule has 1 saturated heterocycles. The summed E-state index contributed by atoms with van der Waals surface area (Å²) in [5.41, 5.74) is 3.56. The number of ether oxygens (including phenoxy) is 2. The van der Waals surface area contributed by atoms with Crippen LogP contribution in [0, 0.1) is 12.3 Å². The molecule has 0 radical (unpaired) electrons. The molecular weight excluding hydrogens is 496 g/mol. The summed E-state index contributed by atoms with van der Waals surface area (Å²) in [6.45, 7) is -0.602. The normalized spacial score (nSPS) is 25.3. The van der Waals surface area contributed by atoms with Gasteiger partial charge < -0.3 is 35.6 Å². The van der Waals surface area contributed by atoms with Gasteiger partial charge in [0.05, 0.1) is 18.6 Å². The highest BCUT2D eigenvalue weighted by molar-refractivity contribution is 7.11. The maximum Gasteiger partial charge on any atom is 0.365 e. The van der Waals surface area contributed by atoms with Crippen LogP contribution in [0.15, 0.2) is 11.7 Å². The van der Waals surface area contributed by atoms with Gasteiger partial charge in [-0.05, 0) is 11.6 Å². The number of thiazole rings is 1. The smallest absolute Gasteiger partial charge is 0.365 e. The minimum atomic E-state index is -2.30. The SMILES string of the molecule is C#C[C@@]1(O)[C@@H](CO[C@@H](C(=O)O)c2csc(C(=O)O)n2)O[C@@H](n2cnc3c(N)nc(Cl)nc32)[C@@H]1O. The number of nitrogens with two attached hydrogens (primary N) is 1. The highest BCUT2D eigenvalue weighted by atomic mass is 35.5. The summed E-state index contributed by atoms with van der Waals surface area (Å²) in [7, 11) is 0. The number of hydrogen-bond donors (Lipinski definition) is 5. The zero-order chi connectivity index (χ0) is 24.8. The first-order chi connectivity index (χ1) is 16.1. The number of carbonyl (C=O) groups is 2. The Balaban J connectivity index is 1.60. The topological polar surface area (TPSA) is 216 Å². The summed E-state index contributed by atoms with van der Waals surface area (Å²) in [6, 6.07) is 0. The lowest BCUT2D eigenvalue weighted by atomic mass is 9.93.